The molecule has 1 aliphatic rings. The summed E-state index contributed by atoms with van der Waals surface area (Å²) in [6, 6.07) is 8.23. The number of hydrogen-bond donors (Lipinski definition) is 1. The Morgan fingerprint density at radius 2 is 1.97 bits per heavy atom. The third kappa shape index (κ3) is 4.79. The van der Waals surface area contributed by atoms with E-state index in [0.717, 1.165) is 46.4 Å². The monoisotopic (exact) mass is 446 g/mol. The van der Waals surface area contributed by atoms with Crippen LogP contribution in [0.2, 0.25) is 0 Å². The second-order valence-electron chi connectivity index (χ2n) is 7.10. The summed E-state index contributed by atoms with van der Waals surface area (Å²) in [5, 5.41) is 1.19. The molecule has 0 unspecified atom stereocenters. The second-order valence-corrected chi connectivity index (χ2v) is 10.5. The van der Waals surface area contributed by atoms with Gasteiger partial charge >= 0.3 is 0 Å². The van der Waals surface area contributed by atoms with Gasteiger partial charge in [0.05, 0.1) is 33.1 Å². The number of aromatic nitrogens is 2. The number of thiazole rings is 2. The number of nitrogens with zero attached hydrogens (tertiary/aromatic N) is 3. The van der Waals surface area contributed by atoms with Crippen molar-refractivity contribution in [2.45, 2.75) is 36.4 Å². The number of piperidine rings is 1. The van der Waals surface area contributed by atoms with Crippen LogP contribution in [0.25, 0.3) is 10.2 Å². The molecule has 3 aromatic rings. The van der Waals surface area contributed by atoms with E-state index in [2.05, 4.69) is 17.1 Å². The Bertz CT molecular complexity index is 1000. The van der Waals surface area contributed by atoms with Crippen molar-refractivity contribution in [3.05, 3.63) is 39.8 Å². The van der Waals surface area contributed by atoms with Crippen LogP contribution in [0.3, 0.4) is 0 Å². The highest BCUT2D eigenvalue weighted by Gasteiger charge is 2.26. The van der Waals surface area contributed by atoms with E-state index in [4.69, 9.17) is 10.7 Å². The van der Waals surface area contributed by atoms with Gasteiger partial charge in [0, 0.05) is 23.9 Å². The van der Waals surface area contributed by atoms with Crippen LogP contribution in [-0.4, -0.2) is 45.5 Å². The van der Waals surface area contributed by atoms with Crippen molar-refractivity contribution in [2.75, 3.05) is 18.8 Å². The maximum absolute atomic E-state index is 12.6. The normalized spacial score (nSPS) is 15.1. The number of aryl methyl sites for hydroxylation is 1. The molecule has 1 aliphatic heterocycles. The van der Waals surface area contributed by atoms with E-state index in [0.29, 0.717) is 11.7 Å². The number of para-hydroxylation sites is 1. The van der Waals surface area contributed by atoms with Crippen LogP contribution < -0.4 is 5.73 Å². The van der Waals surface area contributed by atoms with Gasteiger partial charge in [-0.25, -0.2) is 9.97 Å². The highest BCUT2D eigenvalue weighted by Crippen LogP contribution is 2.34. The quantitative estimate of drug-likeness (QED) is 0.585. The van der Waals surface area contributed by atoms with E-state index in [-0.39, 0.29) is 18.2 Å². The van der Waals surface area contributed by atoms with Gasteiger partial charge in [0.1, 0.15) is 0 Å². The van der Waals surface area contributed by atoms with Crippen molar-refractivity contribution in [1.82, 2.24) is 14.9 Å². The summed E-state index contributed by atoms with van der Waals surface area (Å²) in [6.45, 7) is 3.40. The Labute approximate surface area is 181 Å². The minimum atomic E-state index is -0.361. The molecule has 3 heterocycles. The SMILES string of the molecule is Cc1nc(SCC(=O)N2CCC(c3nc4ccccc4s3)CC2)sc1CC(N)=O. The molecule has 0 bridgehead atoms. The summed E-state index contributed by atoms with van der Waals surface area (Å²) in [6.07, 6.45) is 2.11. The number of fused-ring (bicyclic) bond motifs is 1. The molecule has 2 aromatic heterocycles. The summed E-state index contributed by atoms with van der Waals surface area (Å²) in [5.74, 6) is 0.582. The van der Waals surface area contributed by atoms with Crippen LogP contribution in [0, 0.1) is 6.92 Å². The molecular weight excluding hydrogens is 424 g/mol. The topological polar surface area (TPSA) is 89.2 Å². The number of hydrogen-bond acceptors (Lipinski definition) is 7. The van der Waals surface area contributed by atoms with Crippen LogP contribution in [0.5, 0.6) is 0 Å². The van der Waals surface area contributed by atoms with Gasteiger partial charge in [-0.3, -0.25) is 9.59 Å². The zero-order valence-electron chi connectivity index (χ0n) is 16.1. The van der Waals surface area contributed by atoms with E-state index in [1.807, 2.05) is 24.0 Å². The molecule has 152 valence electrons. The Balaban J connectivity index is 1.29. The first-order valence-corrected chi connectivity index (χ1v) is 12.1. The number of rotatable bonds is 6. The minimum absolute atomic E-state index is 0.141. The van der Waals surface area contributed by atoms with Gasteiger partial charge < -0.3 is 10.6 Å². The predicted octanol–water partition coefficient (Wildman–Crippen LogP) is 3.59. The average molecular weight is 447 g/mol. The van der Waals surface area contributed by atoms with E-state index < -0.39 is 0 Å². The smallest absolute Gasteiger partial charge is 0.233 e. The number of carbonyl (C=O) groups is 2. The van der Waals surface area contributed by atoms with Crippen molar-refractivity contribution >= 4 is 56.5 Å². The van der Waals surface area contributed by atoms with E-state index in [1.54, 1.807) is 11.3 Å². The number of benzene rings is 1. The lowest BCUT2D eigenvalue weighted by molar-refractivity contribution is -0.129. The lowest BCUT2D eigenvalue weighted by Crippen LogP contribution is -2.38. The number of nitrogens with two attached hydrogens (primary N) is 1. The molecule has 0 atom stereocenters. The Morgan fingerprint density at radius 1 is 1.21 bits per heavy atom. The molecule has 1 aromatic carbocycles. The van der Waals surface area contributed by atoms with Gasteiger partial charge in [0.25, 0.3) is 0 Å². The lowest BCUT2D eigenvalue weighted by atomic mass is 9.97. The predicted molar refractivity (Wildman–Crippen MR) is 119 cm³/mol. The number of likely N-dealkylation sites (tertiary alicyclic amines) is 1. The van der Waals surface area contributed by atoms with Crippen molar-refractivity contribution in [2.24, 2.45) is 5.73 Å². The van der Waals surface area contributed by atoms with Gasteiger partial charge in [-0.05, 0) is 31.9 Å². The fraction of sp³-hybridized carbons (Fsp3) is 0.400. The molecule has 0 aliphatic carbocycles. The first-order valence-electron chi connectivity index (χ1n) is 9.50. The van der Waals surface area contributed by atoms with Gasteiger partial charge in [-0.1, -0.05) is 23.9 Å². The largest absolute Gasteiger partial charge is 0.369 e. The fourth-order valence-electron chi connectivity index (χ4n) is 3.44. The van der Waals surface area contributed by atoms with Crippen LogP contribution in [0.15, 0.2) is 28.6 Å². The zero-order valence-corrected chi connectivity index (χ0v) is 18.5. The first kappa shape index (κ1) is 20.3. The Kier molecular flexibility index (Phi) is 6.17. The molecule has 29 heavy (non-hydrogen) atoms. The van der Waals surface area contributed by atoms with E-state index >= 15 is 0 Å². The standard InChI is InChI=1S/C20H22N4O2S3/c1-12-16(10-17(21)25)29-20(22-12)27-11-18(26)24-8-6-13(7-9-24)19-23-14-4-2-3-5-15(14)28-19/h2-5,13H,6-11H2,1H3,(H2,21,25). The van der Waals surface area contributed by atoms with Gasteiger partial charge in [-0.2, -0.15) is 0 Å². The molecular formula is C20H22N4O2S3. The second kappa shape index (κ2) is 8.81. The van der Waals surface area contributed by atoms with Crippen molar-refractivity contribution in [1.29, 1.82) is 0 Å². The number of carbonyl (C=O) groups excluding carboxylic acids is 2. The summed E-state index contributed by atoms with van der Waals surface area (Å²) in [4.78, 5) is 35.8. The maximum Gasteiger partial charge on any atom is 0.233 e. The van der Waals surface area contributed by atoms with E-state index in [1.165, 1.54) is 32.8 Å². The Morgan fingerprint density at radius 3 is 2.69 bits per heavy atom. The van der Waals surface area contributed by atoms with Crippen molar-refractivity contribution in [3.8, 4) is 0 Å². The zero-order chi connectivity index (χ0) is 20.4. The first-order chi connectivity index (χ1) is 14.0. The number of thioether (sulfide) groups is 1. The van der Waals surface area contributed by atoms with Gasteiger partial charge in [0.2, 0.25) is 11.8 Å². The molecule has 2 N–H and O–H groups in total. The molecule has 9 heteroatoms. The molecule has 0 radical (unpaired) electrons. The Hall–Kier alpha value is -1.97. The number of primary amides is 1. The van der Waals surface area contributed by atoms with Gasteiger partial charge in [0.15, 0.2) is 4.34 Å². The van der Waals surface area contributed by atoms with Crippen LogP contribution >= 0.6 is 34.4 Å². The summed E-state index contributed by atoms with van der Waals surface area (Å²) in [7, 11) is 0. The van der Waals surface area contributed by atoms with Crippen LogP contribution in [0.1, 0.15) is 34.3 Å². The molecule has 2 amide bonds. The molecule has 0 saturated carbocycles. The fourth-order valence-corrected chi connectivity index (χ4v) is 6.72. The highest BCUT2D eigenvalue weighted by molar-refractivity contribution is 8.01. The van der Waals surface area contributed by atoms with Crippen LogP contribution in [0.4, 0.5) is 0 Å². The number of amides is 2. The van der Waals surface area contributed by atoms with Crippen molar-refractivity contribution in [3.63, 3.8) is 0 Å². The highest BCUT2D eigenvalue weighted by atomic mass is 32.2. The average Bonchev–Trinajstić information content (AvgIpc) is 3.29. The van der Waals surface area contributed by atoms with Gasteiger partial charge in [-0.15, -0.1) is 22.7 Å². The molecule has 6 nitrogen and oxygen atoms in total. The minimum Gasteiger partial charge on any atom is -0.369 e. The molecule has 4 rings (SSSR count). The van der Waals surface area contributed by atoms with E-state index in [9.17, 15) is 9.59 Å². The molecule has 0 spiro atoms. The van der Waals surface area contributed by atoms with Crippen molar-refractivity contribution < 1.29 is 9.59 Å². The third-order valence-electron chi connectivity index (χ3n) is 5.03. The third-order valence-corrected chi connectivity index (χ3v) is 8.52. The summed E-state index contributed by atoms with van der Waals surface area (Å²) >= 11 is 4.66. The molecule has 1 saturated heterocycles. The maximum atomic E-state index is 12.6. The molecule has 1 fully saturated rings. The summed E-state index contributed by atoms with van der Waals surface area (Å²) in [5.41, 5.74) is 7.15. The lowest BCUT2D eigenvalue weighted by Gasteiger charge is -2.31. The van der Waals surface area contributed by atoms with Crippen LogP contribution in [-0.2, 0) is 16.0 Å². The summed E-state index contributed by atoms with van der Waals surface area (Å²) < 4.78 is 2.04.